The molecule has 0 amide bonds. The van der Waals surface area contributed by atoms with Crippen molar-refractivity contribution in [2.45, 2.75) is 31.8 Å². The number of nitrogens with zero attached hydrogens (tertiary/aromatic N) is 3. The van der Waals surface area contributed by atoms with Crippen molar-refractivity contribution >= 4 is 5.82 Å². The first-order valence-electron chi connectivity index (χ1n) is 9.47. The van der Waals surface area contributed by atoms with E-state index in [2.05, 4.69) is 52.3 Å². The van der Waals surface area contributed by atoms with Gasteiger partial charge in [0.15, 0.2) is 0 Å². The molecule has 0 radical (unpaired) electrons. The molecule has 1 aromatic carbocycles. The number of morpholine rings is 1. The lowest BCUT2D eigenvalue weighted by molar-refractivity contribution is 0.120. The zero-order valence-electron chi connectivity index (χ0n) is 14.8. The van der Waals surface area contributed by atoms with Gasteiger partial charge in [-0.05, 0) is 31.0 Å². The first-order chi connectivity index (χ1) is 12.4. The highest BCUT2D eigenvalue weighted by atomic mass is 16.5. The van der Waals surface area contributed by atoms with Gasteiger partial charge in [-0.3, -0.25) is 4.90 Å². The Hall–Kier alpha value is -1.91. The van der Waals surface area contributed by atoms with Crippen LogP contribution in [0.5, 0.6) is 0 Å². The molecule has 0 saturated carbocycles. The van der Waals surface area contributed by atoms with Crippen molar-refractivity contribution in [2.24, 2.45) is 0 Å². The van der Waals surface area contributed by atoms with Crippen LogP contribution in [0.15, 0.2) is 48.7 Å². The van der Waals surface area contributed by atoms with Crippen molar-refractivity contribution in [3.05, 3.63) is 59.8 Å². The number of aromatic nitrogens is 1. The van der Waals surface area contributed by atoms with Crippen LogP contribution in [0, 0.1) is 0 Å². The van der Waals surface area contributed by atoms with Crippen molar-refractivity contribution in [3.8, 4) is 0 Å². The first kappa shape index (κ1) is 16.6. The van der Waals surface area contributed by atoms with Crippen LogP contribution in [0.3, 0.4) is 0 Å². The maximum absolute atomic E-state index is 5.53. The molecule has 2 aliphatic rings. The highest BCUT2D eigenvalue weighted by Gasteiger charge is 2.28. The molecular formula is C21H27N3O. The number of hydrogen-bond donors (Lipinski definition) is 0. The van der Waals surface area contributed by atoms with Crippen LogP contribution in [-0.4, -0.2) is 42.7 Å². The van der Waals surface area contributed by atoms with Crippen LogP contribution in [0.2, 0.25) is 0 Å². The highest BCUT2D eigenvalue weighted by molar-refractivity contribution is 5.49. The smallest absolute Gasteiger partial charge is 0.133 e. The standard InChI is InChI=1S/C21H27N3O/c1-2-7-18(8-3-1)17-24-12-5-4-10-20(24)19-9-6-11-22-21(19)23-13-15-25-16-14-23/h1-3,6-9,11,20H,4-5,10,12-17H2. The molecule has 0 N–H and O–H groups in total. The molecule has 1 atom stereocenters. The Morgan fingerprint density at radius 3 is 2.64 bits per heavy atom. The van der Waals surface area contributed by atoms with Gasteiger partial charge >= 0.3 is 0 Å². The van der Waals surface area contributed by atoms with Gasteiger partial charge in [-0.2, -0.15) is 0 Å². The molecule has 2 aliphatic heterocycles. The summed E-state index contributed by atoms with van der Waals surface area (Å²) in [5.41, 5.74) is 2.78. The lowest BCUT2D eigenvalue weighted by atomic mass is 9.94. The Balaban J connectivity index is 1.60. The Bertz CT molecular complexity index is 670. The molecule has 0 spiro atoms. The lowest BCUT2D eigenvalue weighted by Crippen LogP contribution is -2.39. The minimum Gasteiger partial charge on any atom is -0.378 e. The lowest BCUT2D eigenvalue weighted by Gasteiger charge is -2.38. The molecule has 1 aromatic heterocycles. The van der Waals surface area contributed by atoms with E-state index in [1.165, 1.54) is 30.4 Å². The average molecular weight is 337 g/mol. The van der Waals surface area contributed by atoms with Crippen LogP contribution in [0.25, 0.3) is 0 Å². The van der Waals surface area contributed by atoms with Gasteiger partial charge in [-0.1, -0.05) is 42.8 Å². The number of hydrogen-bond acceptors (Lipinski definition) is 4. The number of piperidine rings is 1. The van der Waals surface area contributed by atoms with Crippen LogP contribution in [0.1, 0.15) is 36.4 Å². The molecular weight excluding hydrogens is 310 g/mol. The van der Waals surface area contributed by atoms with Gasteiger partial charge in [-0.15, -0.1) is 0 Å². The van der Waals surface area contributed by atoms with Gasteiger partial charge in [0.1, 0.15) is 5.82 Å². The van der Waals surface area contributed by atoms with E-state index in [1.54, 1.807) is 0 Å². The normalized spacial score (nSPS) is 22.1. The van der Waals surface area contributed by atoms with Gasteiger partial charge in [0.2, 0.25) is 0 Å². The summed E-state index contributed by atoms with van der Waals surface area (Å²) in [6, 6.07) is 15.7. The quantitative estimate of drug-likeness (QED) is 0.851. The average Bonchev–Trinajstić information content (AvgIpc) is 2.70. The van der Waals surface area contributed by atoms with Gasteiger partial charge < -0.3 is 9.64 Å². The highest BCUT2D eigenvalue weighted by Crippen LogP contribution is 2.36. The number of rotatable bonds is 4. The second-order valence-electron chi connectivity index (χ2n) is 6.98. The van der Waals surface area contributed by atoms with E-state index >= 15 is 0 Å². The van der Waals surface area contributed by atoms with E-state index in [-0.39, 0.29) is 0 Å². The van der Waals surface area contributed by atoms with Gasteiger partial charge in [0.25, 0.3) is 0 Å². The van der Waals surface area contributed by atoms with Gasteiger partial charge in [0, 0.05) is 37.4 Å². The monoisotopic (exact) mass is 337 g/mol. The molecule has 4 rings (SSSR count). The largest absolute Gasteiger partial charge is 0.378 e. The number of pyridine rings is 1. The Labute approximate surface area is 150 Å². The van der Waals surface area contributed by atoms with Crippen LogP contribution >= 0.6 is 0 Å². The number of likely N-dealkylation sites (tertiary alicyclic amines) is 1. The maximum atomic E-state index is 5.53. The number of benzene rings is 1. The second-order valence-corrected chi connectivity index (χ2v) is 6.98. The molecule has 132 valence electrons. The summed E-state index contributed by atoms with van der Waals surface area (Å²) < 4.78 is 5.53. The fraction of sp³-hybridized carbons (Fsp3) is 0.476. The van der Waals surface area contributed by atoms with E-state index < -0.39 is 0 Å². The van der Waals surface area contributed by atoms with Gasteiger partial charge in [-0.25, -0.2) is 4.98 Å². The maximum Gasteiger partial charge on any atom is 0.133 e. The van der Waals surface area contributed by atoms with Crippen LogP contribution in [0.4, 0.5) is 5.82 Å². The Morgan fingerprint density at radius 1 is 0.960 bits per heavy atom. The fourth-order valence-corrected chi connectivity index (χ4v) is 4.06. The third kappa shape index (κ3) is 3.86. The Kier molecular flexibility index (Phi) is 5.28. The van der Waals surface area contributed by atoms with Gasteiger partial charge in [0.05, 0.1) is 13.2 Å². The second kappa shape index (κ2) is 7.98. The van der Waals surface area contributed by atoms with Crippen molar-refractivity contribution in [1.29, 1.82) is 0 Å². The third-order valence-corrected chi connectivity index (χ3v) is 5.33. The predicted octanol–water partition coefficient (Wildman–Crippen LogP) is 3.65. The molecule has 2 saturated heterocycles. The molecule has 4 nitrogen and oxygen atoms in total. The zero-order chi connectivity index (χ0) is 16.9. The molecule has 3 heterocycles. The minimum absolute atomic E-state index is 0.459. The molecule has 0 bridgehead atoms. The number of ether oxygens (including phenoxy) is 1. The van der Waals surface area contributed by atoms with Crippen molar-refractivity contribution in [2.75, 3.05) is 37.7 Å². The van der Waals surface area contributed by atoms with Crippen molar-refractivity contribution in [1.82, 2.24) is 9.88 Å². The van der Waals surface area contributed by atoms with E-state index in [1.807, 2.05) is 6.20 Å². The van der Waals surface area contributed by atoms with E-state index in [0.29, 0.717) is 6.04 Å². The summed E-state index contributed by atoms with van der Waals surface area (Å²) in [7, 11) is 0. The SMILES string of the molecule is c1ccc(CN2CCCCC2c2cccnc2N2CCOCC2)cc1. The fourth-order valence-electron chi connectivity index (χ4n) is 4.06. The predicted molar refractivity (Wildman–Crippen MR) is 101 cm³/mol. The molecule has 0 aliphatic carbocycles. The summed E-state index contributed by atoms with van der Waals surface area (Å²) in [4.78, 5) is 9.80. The summed E-state index contributed by atoms with van der Waals surface area (Å²) >= 11 is 0. The van der Waals surface area contributed by atoms with E-state index in [4.69, 9.17) is 9.72 Å². The number of anilines is 1. The minimum atomic E-state index is 0.459. The summed E-state index contributed by atoms with van der Waals surface area (Å²) in [6.07, 6.45) is 5.73. The summed E-state index contributed by atoms with van der Waals surface area (Å²) in [6.45, 7) is 5.66. The van der Waals surface area contributed by atoms with Crippen molar-refractivity contribution < 1.29 is 4.74 Å². The summed E-state index contributed by atoms with van der Waals surface area (Å²) in [5, 5.41) is 0. The van der Waals surface area contributed by atoms with E-state index in [0.717, 1.165) is 45.2 Å². The van der Waals surface area contributed by atoms with Crippen molar-refractivity contribution in [3.63, 3.8) is 0 Å². The van der Waals surface area contributed by atoms with E-state index in [9.17, 15) is 0 Å². The summed E-state index contributed by atoms with van der Waals surface area (Å²) in [5.74, 6) is 1.16. The van der Waals surface area contributed by atoms with Crippen LogP contribution < -0.4 is 4.90 Å². The third-order valence-electron chi connectivity index (χ3n) is 5.33. The molecule has 25 heavy (non-hydrogen) atoms. The Morgan fingerprint density at radius 2 is 1.80 bits per heavy atom. The first-order valence-corrected chi connectivity index (χ1v) is 9.47. The molecule has 2 fully saturated rings. The molecule has 4 heteroatoms. The topological polar surface area (TPSA) is 28.6 Å². The van der Waals surface area contributed by atoms with Crippen LogP contribution in [-0.2, 0) is 11.3 Å². The zero-order valence-corrected chi connectivity index (χ0v) is 14.8. The molecule has 1 unspecified atom stereocenters. The molecule has 2 aromatic rings.